The first-order chi connectivity index (χ1) is 16.7. The number of aryl methyl sites for hydroxylation is 1. The van der Waals surface area contributed by atoms with Crippen LogP contribution in [-0.2, 0) is 7.05 Å². The molecule has 0 bridgehead atoms. The van der Waals surface area contributed by atoms with Crippen molar-refractivity contribution in [2.45, 2.75) is 13.8 Å². The summed E-state index contributed by atoms with van der Waals surface area (Å²) in [6.45, 7) is 4.87. The van der Waals surface area contributed by atoms with Crippen LogP contribution in [0.3, 0.4) is 0 Å². The van der Waals surface area contributed by atoms with E-state index in [1.165, 1.54) is 0 Å². The van der Waals surface area contributed by atoms with Crippen molar-refractivity contribution in [2.75, 3.05) is 13.2 Å². The molecule has 3 aromatic heterocycles. The third-order valence-electron chi connectivity index (χ3n) is 5.27. The summed E-state index contributed by atoms with van der Waals surface area (Å²) in [6, 6.07) is 17.6. The van der Waals surface area contributed by atoms with Gasteiger partial charge in [-0.2, -0.15) is 0 Å². The summed E-state index contributed by atoms with van der Waals surface area (Å²) in [4.78, 5) is 20.5. The number of benzene rings is 2. The number of aromatic nitrogens is 5. The summed E-state index contributed by atoms with van der Waals surface area (Å²) in [6.07, 6.45) is 5.35. The smallest absolute Gasteiger partial charge is 0.276 e. The molecule has 3 heterocycles. The van der Waals surface area contributed by atoms with Crippen LogP contribution in [0.25, 0.3) is 39.4 Å². The topological polar surface area (TPSA) is 103 Å². The molecule has 2 aromatic carbocycles. The molecule has 0 aliphatic heterocycles. The summed E-state index contributed by atoms with van der Waals surface area (Å²) in [7, 11) is 1.86. The predicted octanol–water partition coefficient (Wildman–Crippen LogP) is 4.12. The molecule has 0 spiro atoms. The van der Waals surface area contributed by atoms with Crippen LogP contribution in [0.1, 0.15) is 13.8 Å². The third-order valence-corrected chi connectivity index (χ3v) is 5.27. The number of rotatable bonds is 6. The van der Waals surface area contributed by atoms with Gasteiger partial charge in [0.2, 0.25) is 0 Å². The van der Waals surface area contributed by atoms with Gasteiger partial charge in [0.05, 0.1) is 0 Å². The number of H-pyrrole nitrogens is 1. The van der Waals surface area contributed by atoms with E-state index in [2.05, 4.69) is 15.1 Å². The Morgan fingerprint density at radius 2 is 1.82 bits per heavy atom. The van der Waals surface area contributed by atoms with E-state index < -0.39 is 0 Å². The number of imidazole rings is 1. The first kappa shape index (κ1) is 23.0. The predicted molar refractivity (Wildman–Crippen MR) is 135 cm³/mol. The van der Waals surface area contributed by atoms with Gasteiger partial charge in [-0.25, -0.2) is 9.50 Å². The normalized spacial score (nSPS) is 10.7. The van der Waals surface area contributed by atoms with Crippen molar-refractivity contribution in [3.63, 3.8) is 0 Å². The molecule has 174 valence electrons. The van der Waals surface area contributed by atoms with Crippen LogP contribution >= 0.6 is 0 Å². The Morgan fingerprint density at radius 1 is 1.06 bits per heavy atom. The van der Waals surface area contributed by atoms with E-state index in [9.17, 15) is 4.79 Å². The van der Waals surface area contributed by atoms with E-state index in [4.69, 9.17) is 10.5 Å². The average molecular weight is 457 g/mol. The van der Waals surface area contributed by atoms with E-state index in [0.29, 0.717) is 30.3 Å². The molecule has 34 heavy (non-hydrogen) atoms. The first-order valence-corrected chi connectivity index (χ1v) is 11.3. The number of fused-ring (bicyclic) bond motifs is 1. The number of nitrogens with one attached hydrogen (secondary N) is 1. The molecule has 8 nitrogen and oxygen atoms in total. The molecule has 0 aliphatic rings. The van der Waals surface area contributed by atoms with Crippen LogP contribution in [0.15, 0.2) is 78.0 Å². The minimum Gasteiger partial charge on any atom is -0.492 e. The third kappa shape index (κ3) is 4.35. The Kier molecular flexibility index (Phi) is 6.89. The van der Waals surface area contributed by atoms with Crippen LogP contribution in [-0.4, -0.2) is 37.3 Å². The molecule has 3 N–H and O–H groups in total. The molecule has 0 radical (unpaired) electrons. The average Bonchev–Trinajstić information content (AvgIpc) is 3.48. The van der Waals surface area contributed by atoms with Crippen LogP contribution in [0.2, 0.25) is 0 Å². The van der Waals surface area contributed by atoms with Gasteiger partial charge in [-0.1, -0.05) is 56.3 Å². The van der Waals surface area contributed by atoms with Crippen molar-refractivity contribution in [1.29, 1.82) is 0 Å². The second-order valence-electron chi connectivity index (χ2n) is 7.41. The van der Waals surface area contributed by atoms with Crippen molar-refractivity contribution in [3.8, 4) is 39.7 Å². The largest absolute Gasteiger partial charge is 0.492 e. The molecule has 0 fully saturated rings. The van der Waals surface area contributed by atoms with Crippen LogP contribution in [0.4, 0.5) is 0 Å². The Labute approximate surface area is 197 Å². The summed E-state index contributed by atoms with van der Waals surface area (Å²) in [5.74, 6) is 1.70. The fourth-order valence-electron chi connectivity index (χ4n) is 3.83. The lowest BCUT2D eigenvalue weighted by Gasteiger charge is -2.08. The molecule has 0 amide bonds. The van der Waals surface area contributed by atoms with Gasteiger partial charge in [0.15, 0.2) is 11.6 Å². The molecule has 0 saturated heterocycles. The zero-order valence-electron chi connectivity index (χ0n) is 19.5. The second-order valence-corrected chi connectivity index (χ2v) is 7.41. The van der Waals surface area contributed by atoms with E-state index in [1.807, 2.05) is 92.5 Å². The van der Waals surface area contributed by atoms with Crippen LogP contribution < -0.4 is 16.0 Å². The van der Waals surface area contributed by atoms with E-state index in [-0.39, 0.29) is 5.56 Å². The fraction of sp³-hybridized carbons (Fsp3) is 0.192. The first-order valence-electron chi connectivity index (χ1n) is 11.3. The Bertz CT molecular complexity index is 1450. The van der Waals surface area contributed by atoms with E-state index in [0.717, 1.165) is 28.0 Å². The molecule has 0 aliphatic carbocycles. The van der Waals surface area contributed by atoms with Gasteiger partial charge in [0, 0.05) is 43.3 Å². The highest BCUT2D eigenvalue weighted by Crippen LogP contribution is 2.36. The lowest BCUT2D eigenvalue weighted by atomic mass is 9.97. The van der Waals surface area contributed by atoms with Crippen molar-refractivity contribution in [1.82, 2.24) is 24.1 Å². The monoisotopic (exact) mass is 456 g/mol. The second kappa shape index (κ2) is 10.2. The van der Waals surface area contributed by atoms with Gasteiger partial charge in [0.25, 0.3) is 5.56 Å². The van der Waals surface area contributed by atoms with Crippen molar-refractivity contribution < 1.29 is 4.74 Å². The zero-order valence-corrected chi connectivity index (χ0v) is 19.5. The number of hydrogen-bond acceptors (Lipinski definition) is 5. The quantitative estimate of drug-likeness (QED) is 0.400. The Morgan fingerprint density at radius 3 is 2.53 bits per heavy atom. The molecular weight excluding hydrogens is 428 g/mol. The van der Waals surface area contributed by atoms with Gasteiger partial charge < -0.3 is 20.0 Å². The number of nitrogens with zero attached hydrogens (tertiary/aromatic N) is 4. The molecule has 5 rings (SSSR count). The van der Waals surface area contributed by atoms with Gasteiger partial charge in [-0.3, -0.25) is 4.79 Å². The maximum absolute atomic E-state index is 13.3. The maximum Gasteiger partial charge on any atom is 0.276 e. The van der Waals surface area contributed by atoms with E-state index in [1.54, 1.807) is 10.7 Å². The Balaban J connectivity index is 0.00000133. The molecule has 0 unspecified atom stereocenters. The van der Waals surface area contributed by atoms with Crippen LogP contribution in [0.5, 0.6) is 5.75 Å². The minimum atomic E-state index is -0.237. The lowest BCUT2D eigenvalue weighted by molar-refractivity contribution is 0.328. The van der Waals surface area contributed by atoms with Gasteiger partial charge in [-0.15, -0.1) is 5.10 Å². The van der Waals surface area contributed by atoms with Crippen molar-refractivity contribution in [2.24, 2.45) is 12.8 Å². The zero-order chi connectivity index (χ0) is 24.1. The molecule has 0 atom stereocenters. The number of aromatic amines is 1. The van der Waals surface area contributed by atoms with Crippen molar-refractivity contribution >= 4 is 5.52 Å². The Hall–Kier alpha value is -4.17. The number of hydrogen-bond donors (Lipinski definition) is 2. The highest BCUT2D eigenvalue weighted by Gasteiger charge is 2.20. The summed E-state index contributed by atoms with van der Waals surface area (Å²) >= 11 is 0. The summed E-state index contributed by atoms with van der Waals surface area (Å²) in [5.41, 5.74) is 9.34. The number of ether oxygens (including phenoxy) is 1. The fourth-order valence-corrected chi connectivity index (χ4v) is 3.83. The van der Waals surface area contributed by atoms with Gasteiger partial charge >= 0.3 is 0 Å². The summed E-state index contributed by atoms with van der Waals surface area (Å²) in [5, 5.41) is 4.67. The minimum absolute atomic E-state index is 0.237. The van der Waals surface area contributed by atoms with Gasteiger partial charge in [-0.05, 0) is 23.3 Å². The highest BCUT2D eigenvalue weighted by molar-refractivity contribution is 5.94. The number of nitrogens with two attached hydrogens (primary N) is 1. The molecule has 5 aromatic rings. The molecule has 8 heteroatoms. The van der Waals surface area contributed by atoms with Gasteiger partial charge in [0.1, 0.15) is 17.9 Å². The van der Waals surface area contributed by atoms with Crippen LogP contribution in [0, 0.1) is 0 Å². The van der Waals surface area contributed by atoms with Crippen molar-refractivity contribution in [3.05, 3.63) is 83.5 Å². The highest BCUT2D eigenvalue weighted by atomic mass is 16.5. The SMILES string of the molecule is CC.Cn1ccnc1-c1nn2cc(-c3cccc(OCCN)c3)c(-c3ccccc3)c2c(=O)[nH]1. The molecular formula is C26H28N6O2. The summed E-state index contributed by atoms with van der Waals surface area (Å²) < 4.78 is 9.16. The lowest BCUT2D eigenvalue weighted by Crippen LogP contribution is -2.15. The molecule has 0 saturated carbocycles. The maximum atomic E-state index is 13.3. The standard InChI is InChI=1S/C24H22N6O2.C2H6/c1-29-12-11-26-23(29)22-27-24(31)21-20(16-6-3-2-4-7-16)19(15-30(21)28-22)17-8-5-9-18(14-17)32-13-10-25;1-2/h2-9,11-12,14-15H,10,13,25H2,1H3,(H,27,28,31);1-2H3. The van der Waals surface area contributed by atoms with E-state index >= 15 is 0 Å².